The Kier molecular flexibility index (Phi) is 8.81. The van der Waals surface area contributed by atoms with Crippen LogP contribution in [0.5, 0.6) is 0 Å². The number of halogens is 2. The first kappa shape index (κ1) is 26.4. The number of benzene rings is 1. The molecule has 1 aromatic heterocycles. The van der Waals surface area contributed by atoms with Gasteiger partial charge in [-0.15, -0.1) is 0 Å². The maximum absolute atomic E-state index is 13.7. The Morgan fingerprint density at radius 3 is 2.75 bits per heavy atom. The summed E-state index contributed by atoms with van der Waals surface area (Å²) in [6.07, 6.45) is 2.96. The molecular formula is C26H30Cl2N6O2. The van der Waals surface area contributed by atoms with Crippen molar-refractivity contribution in [1.29, 1.82) is 5.26 Å². The summed E-state index contributed by atoms with van der Waals surface area (Å²) < 4.78 is 0. The molecular weight excluding hydrogens is 499 g/mol. The van der Waals surface area contributed by atoms with Gasteiger partial charge in [0.2, 0.25) is 11.8 Å². The number of nitrogens with two attached hydrogens (primary N) is 1. The van der Waals surface area contributed by atoms with E-state index in [4.69, 9.17) is 28.9 Å². The fourth-order valence-corrected chi connectivity index (χ4v) is 5.45. The summed E-state index contributed by atoms with van der Waals surface area (Å²) in [5.41, 5.74) is 8.07. The van der Waals surface area contributed by atoms with Crippen LogP contribution < -0.4 is 11.1 Å². The lowest BCUT2D eigenvalue weighted by atomic mass is 10.0. The Balaban J connectivity index is 1.48. The summed E-state index contributed by atoms with van der Waals surface area (Å²) in [5, 5.41) is 12.8. The minimum absolute atomic E-state index is 0.0953. The molecule has 4 rings (SSSR count). The smallest absolute Gasteiger partial charge is 0.244 e. The van der Waals surface area contributed by atoms with E-state index < -0.39 is 11.9 Å². The van der Waals surface area contributed by atoms with Crippen LogP contribution >= 0.6 is 23.2 Å². The molecule has 3 heterocycles. The Hall–Kier alpha value is -2.70. The first-order valence-corrected chi connectivity index (χ1v) is 12.9. The third-order valence-electron chi connectivity index (χ3n) is 6.99. The Morgan fingerprint density at radius 2 is 2.03 bits per heavy atom. The standard InChI is InChI=1S/C26H30Cl2N6O2/c27-21-9-7-19(32-24(21)28)15-31-25(35)22(10-12-29)33-13-11-20(8-6-17-4-2-1-3-5-17)34-16-18(30)14-23(34)26(33)36/h1-5,7,9,18,20,22-23H,6,8,10-11,13-16,30H2,(H,31,35)/t18-,20?,22-,23+/m1/s1. The quantitative estimate of drug-likeness (QED) is 0.509. The predicted molar refractivity (Wildman–Crippen MR) is 138 cm³/mol. The van der Waals surface area contributed by atoms with E-state index in [1.807, 2.05) is 18.2 Å². The van der Waals surface area contributed by atoms with Crippen molar-refractivity contribution >= 4 is 35.0 Å². The van der Waals surface area contributed by atoms with Crippen LogP contribution in [0.25, 0.3) is 0 Å². The van der Waals surface area contributed by atoms with Gasteiger partial charge in [0.15, 0.2) is 0 Å². The number of rotatable bonds is 8. The van der Waals surface area contributed by atoms with E-state index in [0.717, 1.165) is 12.8 Å². The van der Waals surface area contributed by atoms with Gasteiger partial charge in [-0.1, -0.05) is 53.5 Å². The lowest BCUT2D eigenvalue weighted by Crippen LogP contribution is -2.53. The van der Waals surface area contributed by atoms with Crippen LogP contribution in [0, 0.1) is 11.3 Å². The van der Waals surface area contributed by atoms with Crippen LogP contribution in [0.3, 0.4) is 0 Å². The number of nitrogens with zero attached hydrogens (tertiary/aromatic N) is 4. The minimum Gasteiger partial charge on any atom is -0.349 e. The Labute approximate surface area is 221 Å². The van der Waals surface area contributed by atoms with Crippen molar-refractivity contribution in [2.45, 2.75) is 62.8 Å². The SMILES string of the molecule is N#CC[C@H](C(=O)NCc1ccc(Cl)c(Cl)n1)N1CCC(CCc2ccccc2)N2C[C@H](N)C[C@H]2C1=O. The average molecular weight is 529 g/mol. The molecule has 8 nitrogen and oxygen atoms in total. The van der Waals surface area contributed by atoms with Crippen molar-refractivity contribution in [3.63, 3.8) is 0 Å². The van der Waals surface area contributed by atoms with Crippen molar-refractivity contribution < 1.29 is 9.59 Å². The molecule has 4 atom stereocenters. The normalized spacial score (nSPS) is 23.0. The fourth-order valence-electron chi connectivity index (χ4n) is 5.17. The van der Waals surface area contributed by atoms with Crippen LogP contribution in [0.15, 0.2) is 42.5 Å². The van der Waals surface area contributed by atoms with Crippen LogP contribution in [-0.2, 0) is 22.6 Å². The van der Waals surface area contributed by atoms with Crippen LogP contribution in [-0.4, -0.2) is 63.9 Å². The predicted octanol–water partition coefficient (Wildman–Crippen LogP) is 2.92. The van der Waals surface area contributed by atoms with Gasteiger partial charge in [-0.05, 0) is 43.4 Å². The van der Waals surface area contributed by atoms with Gasteiger partial charge in [-0.2, -0.15) is 5.26 Å². The summed E-state index contributed by atoms with van der Waals surface area (Å²) in [6, 6.07) is 14.4. The summed E-state index contributed by atoms with van der Waals surface area (Å²) in [4.78, 5) is 34.8. The number of amides is 2. The fraction of sp³-hybridized carbons (Fsp3) is 0.462. The first-order valence-electron chi connectivity index (χ1n) is 12.2. The number of hydrogen-bond donors (Lipinski definition) is 2. The molecule has 1 unspecified atom stereocenters. The zero-order chi connectivity index (χ0) is 25.7. The molecule has 0 aliphatic carbocycles. The third-order valence-corrected chi connectivity index (χ3v) is 7.68. The molecule has 0 radical (unpaired) electrons. The van der Waals surface area contributed by atoms with Crippen molar-refractivity contribution in [2.75, 3.05) is 13.1 Å². The third kappa shape index (κ3) is 6.16. The zero-order valence-electron chi connectivity index (χ0n) is 19.9. The van der Waals surface area contributed by atoms with E-state index in [0.29, 0.717) is 36.6 Å². The molecule has 0 bridgehead atoms. The second-order valence-electron chi connectivity index (χ2n) is 9.38. The molecule has 190 valence electrons. The molecule has 3 N–H and O–H groups in total. The van der Waals surface area contributed by atoms with Crippen molar-refractivity contribution in [2.24, 2.45) is 5.73 Å². The largest absolute Gasteiger partial charge is 0.349 e. The number of aromatic nitrogens is 1. The van der Waals surface area contributed by atoms with Crippen molar-refractivity contribution in [3.05, 3.63) is 63.9 Å². The molecule has 2 fully saturated rings. The highest BCUT2D eigenvalue weighted by atomic mass is 35.5. The van der Waals surface area contributed by atoms with Crippen LogP contribution in [0.4, 0.5) is 0 Å². The average Bonchev–Trinajstić information content (AvgIpc) is 3.22. The molecule has 36 heavy (non-hydrogen) atoms. The van der Waals surface area contributed by atoms with Gasteiger partial charge in [-0.3, -0.25) is 14.5 Å². The number of hydrogen-bond acceptors (Lipinski definition) is 6. The maximum atomic E-state index is 13.7. The van der Waals surface area contributed by atoms with Crippen LogP contribution in [0.2, 0.25) is 10.2 Å². The number of nitrogens with one attached hydrogen (secondary N) is 1. The van der Waals surface area contributed by atoms with Gasteiger partial charge >= 0.3 is 0 Å². The molecule has 10 heteroatoms. The Bertz CT molecular complexity index is 1130. The number of nitriles is 1. The van der Waals surface area contributed by atoms with Gasteiger partial charge in [-0.25, -0.2) is 4.98 Å². The second-order valence-corrected chi connectivity index (χ2v) is 10.1. The second kappa shape index (κ2) is 12.0. The molecule has 2 aliphatic rings. The molecule has 2 saturated heterocycles. The van der Waals surface area contributed by atoms with E-state index >= 15 is 0 Å². The minimum atomic E-state index is -0.892. The van der Waals surface area contributed by atoms with Crippen LogP contribution in [0.1, 0.15) is 36.9 Å². The van der Waals surface area contributed by atoms with E-state index in [1.165, 1.54) is 5.56 Å². The number of carbonyl (C=O) groups excluding carboxylic acids is 2. The molecule has 2 aliphatic heterocycles. The van der Waals surface area contributed by atoms with E-state index in [2.05, 4.69) is 33.4 Å². The van der Waals surface area contributed by atoms with Gasteiger partial charge in [0.1, 0.15) is 11.2 Å². The van der Waals surface area contributed by atoms with E-state index in [1.54, 1.807) is 17.0 Å². The van der Waals surface area contributed by atoms with Gasteiger partial charge in [0.05, 0.1) is 35.8 Å². The maximum Gasteiger partial charge on any atom is 0.244 e. The number of fused-ring (bicyclic) bond motifs is 1. The summed E-state index contributed by atoms with van der Waals surface area (Å²) in [5.74, 6) is -0.525. The van der Waals surface area contributed by atoms with Gasteiger partial charge < -0.3 is 16.0 Å². The number of aryl methyl sites for hydroxylation is 1. The molecule has 0 spiro atoms. The van der Waals surface area contributed by atoms with E-state index in [9.17, 15) is 14.9 Å². The highest BCUT2D eigenvalue weighted by Crippen LogP contribution is 2.30. The highest BCUT2D eigenvalue weighted by molar-refractivity contribution is 6.41. The first-order chi connectivity index (χ1) is 17.4. The van der Waals surface area contributed by atoms with Gasteiger partial charge in [0.25, 0.3) is 0 Å². The number of pyridine rings is 1. The summed E-state index contributed by atoms with van der Waals surface area (Å²) in [7, 11) is 0. The summed E-state index contributed by atoms with van der Waals surface area (Å²) >= 11 is 11.9. The van der Waals surface area contributed by atoms with Crippen molar-refractivity contribution in [3.8, 4) is 6.07 Å². The molecule has 2 aromatic rings. The summed E-state index contributed by atoms with van der Waals surface area (Å²) in [6.45, 7) is 1.17. The van der Waals surface area contributed by atoms with E-state index in [-0.39, 0.29) is 42.2 Å². The lowest BCUT2D eigenvalue weighted by Gasteiger charge is -2.31. The molecule has 0 saturated carbocycles. The Morgan fingerprint density at radius 1 is 1.25 bits per heavy atom. The lowest BCUT2D eigenvalue weighted by molar-refractivity contribution is -0.142. The molecule has 1 aromatic carbocycles. The zero-order valence-corrected chi connectivity index (χ0v) is 21.5. The van der Waals surface area contributed by atoms with Crippen molar-refractivity contribution in [1.82, 2.24) is 20.1 Å². The number of carbonyl (C=O) groups is 2. The monoisotopic (exact) mass is 528 g/mol. The van der Waals surface area contributed by atoms with Gasteiger partial charge in [0, 0.05) is 25.2 Å². The highest BCUT2D eigenvalue weighted by Gasteiger charge is 2.45. The molecule has 2 amide bonds. The topological polar surface area (TPSA) is 115 Å².